The van der Waals surface area contributed by atoms with Crippen LogP contribution in [0.25, 0.3) is 5.57 Å². The molecule has 0 aliphatic carbocycles. The van der Waals surface area contributed by atoms with Crippen LogP contribution in [0.1, 0.15) is 29.5 Å². The summed E-state index contributed by atoms with van der Waals surface area (Å²) in [5, 5.41) is 29.6. The Morgan fingerprint density at radius 2 is 1.86 bits per heavy atom. The molecule has 0 saturated carbocycles. The van der Waals surface area contributed by atoms with Gasteiger partial charge in [-0.3, -0.25) is 4.79 Å². The second kappa shape index (κ2) is 7.84. The standard InChI is InChI=1S/C21H21N3O5/c25-12-16-6-7-17(29-16)19-18(14-2-4-15(26)5-3-14)20(27)21(28)24(19)10-1-9-23-11-8-22-13-23/h2-8,11,13,19,25-27H,1,9-10,12H2. The van der Waals surface area contributed by atoms with Gasteiger partial charge in [0.1, 0.15) is 29.9 Å². The van der Waals surface area contributed by atoms with Crippen molar-refractivity contribution >= 4 is 11.5 Å². The number of carbonyl (C=O) groups excluding carboxylic acids is 1. The largest absolute Gasteiger partial charge is 0.508 e. The summed E-state index contributed by atoms with van der Waals surface area (Å²) >= 11 is 0. The molecule has 0 radical (unpaired) electrons. The Hall–Kier alpha value is -3.52. The van der Waals surface area contributed by atoms with Crippen molar-refractivity contribution in [2.24, 2.45) is 0 Å². The van der Waals surface area contributed by atoms with E-state index >= 15 is 0 Å². The minimum absolute atomic E-state index is 0.0902. The summed E-state index contributed by atoms with van der Waals surface area (Å²) in [4.78, 5) is 18.4. The van der Waals surface area contributed by atoms with Gasteiger partial charge in [0.25, 0.3) is 5.91 Å². The predicted molar refractivity (Wildman–Crippen MR) is 104 cm³/mol. The number of benzene rings is 1. The van der Waals surface area contributed by atoms with Crippen molar-refractivity contribution in [2.75, 3.05) is 6.54 Å². The Morgan fingerprint density at radius 3 is 2.52 bits per heavy atom. The molecule has 1 aliphatic heterocycles. The number of nitrogens with zero attached hydrogens (tertiary/aromatic N) is 3. The van der Waals surface area contributed by atoms with Crippen molar-refractivity contribution in [3.8, 4) is 5.75 Å². The van der Waals surface area contributed by atoms with E-state index in [0.717, 1.165) is 0 Å². The lowest BCUT2D eigenvalue weighted by atomic mass is 9.97. The van der Waals surface area contributed by atoms with E-state index in [-0.39, 0.29) is 18.1 Å². The maximum Gasteiger partial charge on any atom is 0.289 e. The molecule has 8 heteroatoms. The molecule has 150 valence electrons. The smallest absolute Gasteiger partial charge is 0.289 e. The third-order valence-electron chi connectivity index (χ3n) is 4.96. The van der Waals surface area contributed by atoms with Crippen LogP contribution in [-0.4, -0.2) is 42.2 Å². The van der Waals surface area contributed by atoms with Gasteiger partial charge in [0, 0.05) is 31.1 Å². The normalized spacial score (nSPS) is 16.8. The Morgan fingerprint density at radius 1 is 1.07 bits per heavy atom. The van der Waals surface area contributed by atoms with Gasteiger partial charge in [0.05, 0.1) is 6.33 Å². The van der Waals surface area contributed by atoms with Crippen molar-refractivity contribution in [1.29, 1.82) is 0 Å². The molecule has 2 aromatic heterocycles. The fourth-order valence-corrected chi connectivity index (χ4v) is 3.58. The topological polar surface area (TPSA) is 112 Å². The quantitative estimate of drug-likeness (QED) is 0.567. The van der Waals surface area contributed by atoms with Gasteiger partial charge in [-0.15, -0.1) is 0 Å². The van der Waals surface area contributed by atoms with Crippen LogP contribution in [0.5, 0.6) is 5.75 Å². The number of carbonyl (C=O) groups is 1. The summed E-state index contributed by atoms with van der Waals surface area (Å²) in [7, 11) is 0. The highest BCUT2D eigenvalue weighted by Gasteiger charge is 2.42. The molecule has 0 bridgehead atoms. The zero-order chi connectivity index (χ0) is 20.4. The first-order valence-electron chi connectivity index (χ1n) is 9.27. The molecule has 0 fully saturated rings. The van der Waals surface area contributed by atoms with Gasteiger partial charge in [-0.2, -0.15) is 0 Å². The fraction of sp³-hybridized carbons (Fsp3) is 0.238. The van der Waals surface area contributed by atoms with E-state index in [1.807, 2.05) is 10.8 Å². The van der Waals surface area contributed by atoms with Gasteiger partial charge in [-0.25, -0.2) is 4.98 Å². The predicted octanol–water partition coefficient (Wildman–Crippen LogP) is 2.62. The number of imidazole rings is 1. The number of aromatic hydroxyl groups is 1. The summed E-state index contributed by atoms with van der Waals surface area (Å²) in [5.41, 5.74) is 1.02. The van der Waals surface area contributed by atoms with E-state index in [2.05, 4.69) is 4.98 Å². The van der Waals surface area contributed by atoms with E-state index in [0.29, 0.717) is 42.2 Å². The minimum Gasteiger partial charge on any atom is -0.508 e. The zero-order valence-electron chi connectivity index (χ0n) is 15.6. The van der Waals surface area contributed by atoms with Crippen LogP contribution >= 0.6 is 0 Å². The Bertz CT molecular complexity index is 1020. The van der Waals surface area contributed by atoms with E-state index in [1.165, 1.54) is 12.1 Å². The number of hydrogen-bond acceptors (Lipinski definition) is 6. The lowest BCUT2D eigenvalue weighted by Crippen LogP contribution is -2.31. The summed E-state index contributed by atoms with van der Waals surface area (Å²) < 4.78 is 7.63. The molecule has 3 aromatic rings. The van der Waals surface area contributed by atoms with Crippen LogP contribution < -0.4 is 0 Å². The number of aryl methyl sites for hydroxylation is 1. The lowest BCUT2D eigenvalue weighted by molar-refractivity contribution is -0.129. The average Bonchev–Trinajstić information content (AvgIpc) is 3.45. The summed E-state index contributed by atoms with van der Waals surface area (Å²) in [6.07, 6.45) is 5.91. The van der Waals surface area contributed by atoms with Crippen LogP contribution in [0, 0.1) is 0 Å². The molecule has 1 atom stereocenters. The molecule has 8 nitrogen and oxygen atoms in total. The molecule has 1 aromatic carbocycles. The molecule has 0 spiro atoms. The molecule has 29 heavy (non-hydrogen) atoms. The van der Waals surface area contributed by atoms with Crippen molar-refractivity contribution in [1.82, 2.24) is 14.5 Å². The third kappa shape index (κ3) is 3.62. The number of phenols is 1. The first kappa shape index (κ1) is 18.8. The Kier molecular flexibility index (Phi) is 5.09. The molecule has 3 heterocycles. The maximum atomic E-state index is 12.9. The molecular formula is C21H21N3O5. The minimum atomic E-state index is -0.630. The summed E-state index contributed by atoms with van der Waals surface area (Å²) in [5.74, 6) is 0.0998. The second-order valence-corrected chi connectivity index (χ2v) is 6.83. The summed E-state index contributed by atoms with van der Waals surface area (Å²) in [6.45, 7) is 0.805. The lowest BCUT2D eigenvalue weighted by Gasteiger charge is -2.25. The molecule has 1 aliphatic rings. The van der Waals surface area contributed by atoms with Gasteiger partial charge in [-0.1, -0.05) is 12.1 Å². The number of furan rings is 1. The van der Waals surface area contributed by atoms with Crippen molar-refractivity contribution in [3.63, 3.8) is 0 Å². The van der Waals surface area contributed by atoms with E-state index in [4.69, 9.17) is 4.42 Å². The first-order valence-corrected chi connectivity index (χ1v) is 9.27. The number of rotatable bonds is 7. The van der Waals surface area contributed by atoms with Gasteiger partial charge in [0.2, 0.25) is 0 Å². The van der Waals surface area contributed by atoms with Crippen molar-refractivity contribution < 1.29 is 24.5 Å². The Labute approximate surface area is 167 Å². The second-order valence-electron chi connectivity index (χ2n) is 6.83. The molecule has 0 saturated heterocycles. The highest BCUT2D eigenvalue weighted by atomic mass is 16.4. The molecule has 1 amide bonds. The Balaban J connectivity index is 1.66. The van der Waals surface area contributed by atoms with Crippen molar-refractivity contribution in [3.05, 3.63) is 78.0 Å². The van der Waals surface area contributed by atoms with E-state index in [9.17, 15) is 20.1 Å². The van der Waals surface area contributed by atoms with Crippen LogP contribution in [0.2, 0.25) is 0 Å². The number of hydrogen-bond donors (Lipinski definition) is 3. The zero-order valence-corrected chi connectivity index (χ0v) is 15.6. The molecular weight excluding hydrogens is 374 g/mol. The van der Waals surface area contributed by atoms with Crippen LogP contribution in [-0.2, 0) is 17.9 Å². The number of aromatic nitrogens is 2. The van der Waals surface area contributed by atoms with Gasteiger partial charge in [-0.05, 0) is 36.2 Å². The maximum absolute atomic E-state index is 12.9. The fourth-order valence-electron chi connectivity index (χ4n) is 3.58. The third-order valence-corrected chi connectivity index (χ3v) is 4.96. The number of phenolic OH excluding ortho intramolecular Hbond substituents is 1. The number of aliphatic hydroxyl groups excluding tert-OH is 2. The van der Waals surface area contributed by atoms with Gasteiger partial charge >= 0.3 is 0 Å². The van der Waals surface area contributed by atoms with E-state index < -0.39 is 11.9 Å². The van der Waals surface area contributed by atoms with Gasteiger partial charge < -0.3 is 29.2 Å². The van der Waals surface area contributed by atoms with Crippen LogP contribution in [0.15, 0.2) is 65.3 Å². The molecule has 4 rings (SSSR count). The van der Waals surface area contributed by atoms with E-state index in [1.54, 1.807) is 41.7 Å². The van der Waals surface area contributed by atoms with Gasteiger partial charge in [0.15, 0.2) is 5.76 Å². The SMILES string of the molecule is O=C1C(O)=C(c2ccc(O)cc2)C(c2ccc(CO)o2)N1CCCn1ccnc1. The number of aliphatic hydroxyl groups is 2. The summed E-state index contributed by atoms with van der Waals surface area (Å²) in [6, 6.07) is 9.01. The van der Waals surface area contributed by atoms with Crippen molar-refractivity contribution in [2.45, 2.75) is 25.6 Å². The molecule has 1 unspecified atom stereocenters. The average molecular weight is 395 g/mol. The van der Waals surface area contributed by atoms with Crippen LogP contribution in [0.3, 0.4) is 0 Å². The highest BCUT2D eigenvalue weighted by molar-refractivity contribution is 6.05. The monoisotopic (exact) mass is 395 g/mol. The first-order chi connectivity index (χ1) is 14.1. The highest BCUT2D eigenvalue weighted by Crippen LogP contribution is 2.43. The molecule has 3 N–H and O–H groups in total. The van der Waals surface area contributed by atoms with Crippen LogP contribution in [0.4, 0.5) is 0 Å². The number of amides is 1.